The Kier molecular flexibility index (Phi) is 4.96. The van der Waals surface area contributed by atoms with Gasteiger partial charge in [-0.15, -0.1) is 0 Å². The van der Waals surface area contributed by atoms with Crippen LogP contribution in [0, 0.1) is 6.92 Å². The summed E-state index contributed by atoms with van der Waals surface area (Å²) in [6.07, 6.45) is 3.71. The van der Waals surface area contributed by atoms with E-state index in [2.05, 4.69) is 15.6 Å². The zero-order valence-electron chi connectivity index (χ0n) is 14.8. The van der Waals surface area contributed by atoms with Crippen LogP contribution >= 0.6 is 11.6 Å². The van der Waals surface area contributed by atoms with Gasteiger partial charge in [0, 0.05) is 29.9 Å². The molecule has 27 heavy (non-hydrogen) atoms. The summed E-state index contributed by atoms with van der Waals surface area (Å²) in [7, 11) is 0. The first-order valence-electron chi connectivity index (χ1n) is 8.80. The van der Waals surface area contributed by atoms with Gasteiger partial charge in [-0.2, -0.15) is 9.78 Å². The molecule has 0 aliphatic carbocycles. The van der Waals surface area contributed by atoms with Crippen LogP contribution in [0.4, 0.5) is 4.79 Å². The first-order chi connectivity index (χ1) is 13.1. The maximum Gasteiger partial charge on any atom is 0.342 e. The van der Waals surface area contributed by atoms with E-state index in [0.29, 0.717) is 28.7 Å². The highest BCUT2D eigenvalue weighted by atomic mass is 35.5. The van der Waals surface area contributed by atoms with Gasteiger partial charge in [-0.3, -0.25) is 0 Å². The van der Waals surface area contributed by atoms with Crippen LogP contribution in [0.5, 0.6) is 0 Å². The quantitative estimate of drug-likeness (QED) is 0.735. The van der Waals surface area contributed by atoms with Crippen molar-refractivity contribution in [2.45, 2.75) is 25.9 Å². The molecule has 0 saturated carbocycles. The van der Waals surface area contributed by atoms with Crippen LogP contribution in [0.2, 0.25) is 5.02 Å². The van der Waals surface area contributed by atoms with Crippen molar-refractivity contribution in [3.63, 3.8) is 0 Å². The van der Waals surface area contributed by atoms with E-state index in [4.69, 9.17) is 20.9 Å². The fourth-order valence-corrected chi connectivity index (χ4v) is 3.26. The Hall–Kier alpha value is -2.64. The van der Waals surface area contributed by atoms with E-state index in [9.17, 15) is 4.79 Å². The third kappa shape index (κ3) is 3.74. The van der Waals surface area contributed by atoms with Gasteiger partial charge >= 0.3 is 6.03 Å². The smallest absolute Gasteiger partial charge is 0.342 e. The summed E-state index contributed by atoms with van der Waals surface area (Å²) >= 11 is 5.96. The van der Waals surface area contributed by atoms with Crippen molar-refractivity contribution in [2.75, 3.05) is 13.2 Å². The molecule has 1 aliphatic heterocycles. The van der Waals surface area contributed by atoms with Crippen LogP contribution in [-0.4, -0.2) is 40.2 Å². The lowest BCUT2D eigenvalue weighted by Crippen LogP contribution is -2.35. The van der Waals surface area contributed by atoms with E-state index < -0.39 is 0 Å². The molecule has 1 aromatic carbocycles. The Morgan fingerprint density at radius 1 is 1.33 bits per heavy atom. The molecule has 0 bridgehead atoms. The molecule has 2 aromatic heterocycles. The van der Waals surface area contributed by atoms with E-state index in [0.717, 1.165) is 30.6 Å². The molecular weight excluding hydrogens is 368 g/mol. The molecule has 3 heterocycles. The SMILES string of the molecule is Cc1onc(-c2ccc(Cl)cc2)c1-c1ccn(C(=O)NCC2CCCO2)n1. The molecule has 1 saturated heterocycles. The second-order valence-electron chi connectivity index (χ2n) is 6.44. The predicted octanol–water partition coefficient (Wildman–Crippen LogP) is 3.90. The van der Waals surface area contributed by atoms with Gasteiger partial charge in [0.05, 0.1) is 17.4 Å². The fraction of sp³-hybridized carbons (Fsp3) is 0.316. The normalized spacial score (nSPS) is 16.6. The van der Waals surface area contributed by atoms with Crippen molar-refractivity contribution >= 4 is 17.6 Å². The van der Waals surface area contributed by atoms with Gasteiger partial charge in [0.15, 0.2) is 0 Å². The first kappa shape index (κ1) is 17.8. The second-order valence-corrected chi connectivity index (χ2v) is 6.87. The minimum atomic E-state index is -0.293. The molecule has 0 spiro atoms. The van der Waals surface area contributed by atoms with E-state index >= 15 is 0 Å². The number of aromatic nitrogens is 3. The first-order valence-corrected chi connectivity index (χ1v) is 9.17. The fourth-order valence-electron chi connectivity index (χ4n) is 3.14. The molecule has 1 amide bonds. The molecule has 1 fully saturated rings. The molecule has 4 rings (SSSR count). The van der Waals surface area contributed by atoms with E-state index in [-0.39, 0.29) is 12.1 Å². The minimum absolute atomic E-state index is 0.0841. The number of aryl methyl sites for hydroxylation is 1. The molecular formula is C19H19ClN4O3. The molecule has 7 nitrogen and oxygen atoms in total. The lowest BCUT2D eigenvalue weighted by Gasteiger charge is -2.10. The van der Waals surface area contributed by atoms with Crippen LogP contribution in [0.25, 0.3) is 22.5 Å². The molecule has 3 aromatic rings. The average Bonchev–Trinajstić information content (AvgIpc) is 3.41. The number of halogens is 1. The van der Waals surface area contributed by atoms with E-state index in [1.54, 1.807) is 24.4 Å². The summed E-state index contributed by atoms with van der Waals surface area (Å²) in [5.74, 6) is 0.630. The molecule has 1 atom stereocenters. The van der Waals surface area contributed by atoms with E-state index in [1.165, 1.54) is 4.68 Å². The van der Waals surface area contributed by atoms with Crippen LogP contribution in [-0.2, 0) is 4.74 Å². The summed E-state index contributed by atoms with van der Waals surface area (Å²) in [6, 6.07) is 8.80. The number of amides is 1. The Bertz CT molecular complexity index is 942. The van der Waals surface area contributed by atoms with Crippen molar-refractivity contribution in [2.24, 2.45) is 0 Å². The molecule has 1 N–H and O–H groups in total. The molecule has 8 heteroatoms. The Morgan fingerprint density at radius 3 is 2.89 bits per heavy atom. The van der Waals surface area contributed by atoms with Crippen molar-refractivity contribution < 1.29 is 14.1 Å². The summed E-state index contributed by atoms with van der Waals surface area (Å²) in [5, 5.41) is 12.0. The number of rotatable bonds is 4. The van der Waals surface area contributed by atoms with Crippen molar-refractivity contribution in [1.82, 2.24) is 20.3 Å². The van der Waals surface area contributed by atoms with Crippen LogP contribution in [0.3, 0.4) is 0 Å². The van der Waals surface area contributed by atoms with Gasteiger partial charge in [0.25, 0.3) is 0 Å². The summed E-state index contributed by atoms with van der Waals surface area (Å²) in [5.41, 5.74) is 2.90. The van der Waals surface area contributed by atoms with Crippen molar-refractivity contribution in [1.29, 1.82) is 0 Å². The Balaban J connectivity index is 1.55. The van der Waals surface area contributed by atoms with Gasteiger partial charge in [-0.05, 0) is 38.0 Å². The van der Waals surface area contributed by atoms with Crippen LogP contribution in [0.1, 0.15) is 18.6 Å². The molecule has 140 valence electrons. The number of nitrogens with one attached hydrogen (secondary N) is 1. The lowest BCUT2D eigenvalue weighted by atomic mass is 10.0. The maximum atomic E-state index is 12.3. The minimum Gasteiger partial charge on any atom is -0.376 e. The number of carbonyl (C=O) groups is 1. The molecule has 1 unspecified atom stereocenters. The molecule has 1 aliphatic rings. The monoisotopic (exact) mass is 386 g/mol. The van der Waals surface area contributed by atoms with Gasteiger partial charge in [0.1, 0.15) is 11.5 Å². The summed E-state index contributed by atoms with van der Waals surface area (Å²) in [4.78, 5) is 12.3. The number of carbonyl (C=O) groups excluding carboxylic acids is 1. The third-order valence-electron chi connectivity index (χ3n) is 4.54. The maximum absolute atomic E-state index is 12.3. The van der Waals surface area contributed by atoms with Gasteiger partial charge in [0.2, 0.25) is 0 Å². The number of hydrogen-bond donors (Lipinski definition) is 1. The largest absolute Gasteiger partial charge is 0.376 e. The molecule has 0 radical (unpaired) electrons. The zero-order chi connectivity index (χ0) is 18.8. The van der Waals surface area contributed by atoms with E-state index in [1.807, 2.05) is 19.1 Å². The van der Waals surface area contributed by atoms with Crippen molar-refractivity contribution in [3.8, 4) is 22.5 Å². The van der Waals surface area contributed by atoms with Gasteiger partial charge in [-0.25, -0.2) is 4.79 Å². The number of ether oxygens (including phenoxy) is 1. The summed E-state index contributed by atoms with van der Waals surface area (Å²) in [6.45, 7) is 3.06. The van der Waals surface area contributed by atoms with Crippen LogP contribution in [0.15, 0.2) is 41.1 Å². The van der Waals surface area contributed by atoms with Gasteiger partial charge in [-0.1, -0.05) is 28.9 Å². The highest BCUT2D eigenvalue weighted by Crippen LogP contribution is 2.33. The number of nitrogens with zero attached hydrogens (tertiary/aromatic N) is 3. The predicted molar refractivity (Wildman–Crippen MR) is 101 cm³/mol. The van der Waals surface area contributed by atoms with Crippen molar-refractivity contribution in [3.05, 3.63) is 47.3 Å². The number of benzene rings is 1. The zero-order valence-corrected chi connectivity index (χ0v) is 15.6. The van der Waals surface area contributed by atoms with Gasteiger partial charge < -0.3 is 14.6 Å². The second kappa shape index (κ2) is 7.54. The van der Waals surface area contributed by atoms with Crippen LogP contribution < -0.4 is 5.32 Å². The third-order valence-corrected chi connectivity index (χ3v) is 4.79. The topological polar surface area (TPSA) is 82.2 Å². The highest BCUT2D eigenvalue weighted by Gasteiger charge is 2.21. The Labute approximate surface area is 161 Å². The standard InChI is InChI=1S/C19H19ClN4O3/c1-12-17(18(23-27-12)13-4-6-14(20)7-5-13)16-8-9-24(22-16)19(25)21-11-15-3-2-10-26-15/h4-9,15H,2-3,10-11H2,1H3,(H,21,25). The lowest BCUT2D eigenvalue weighted by molar-refractivity contribution is 0.111. The summed E-state index contributed by atoms with van der Waals surface area (Å²) < 4.78 is 12.2. The highest BCUT2D eigenvalue weighted by molar-refractivity contribution is 6.30. The number of hydrogen-bond acceptors (Lipinski definition) is 5. The average molecular weight is 387 g/mol. The Morgan fingerprint density at radius 2 is 2.15 bits per heavy atom.